The Labute approximate surface area is 144 Å². The predicted octanol–water partition coefficient (Wildman–Crippen LogP) is 4.61. The molecule has 118 valence electrons. The van der Waals surface area contributed by atoms with Crippen LogP contribution in [-0.4, -0.2) is 15.7 Å². The Balaban J connectivity index is 1.74. The maximum atomic E-state index is 11.5. The van der Waals surface area contributed by atoms with Crippen LogP contribution in [0.15, 0.2) is 52.8 Å². The van der Waals surface area contributed by atoms with Gasteiger partial charge in [-0.25, -0.2) is 0 Å². The number of carbonyl (C=O) groups excluding carboxylic acids is 1. The summed E-state index contributed by atoms with van der Waals surface area (Å²) in [5.41, 5.74) is 3.71. The Morgan fingerprint density at radius 3 is 2.61 bits per heavy atom. The Morgan fingerprint density at radius 1 is 1.13 bits per heavy atom. The molecule has 0 bridgehead atoms. The summed E-state index contributed by atoms with van der Waals surface area (Å²) in [6.45, 7) is 4.18. The third-order valence-corrected chi connectivity index (χ3v) is 5.33. The minimum Gasteiger partial charge on any atom is -0.294 e. The first-order valence-electron chi connectivity index (χ1n) is 7.41. The van der Waals surface area contributed by atoms with Gasteiger partial charge in [0.05, 0.1) is 4.88 Å². The zero-order chi connectivity index (χ0) is 16.1. The van der Waals surface area contributed by atoms with Gasteiger partial charge in [0.15, 0.2) is 5.78 Å². The highest BCUT2D eigenvalue weighted by molar-refractivity contribution is 7.12. The molecule has 0 saturated heterocycles. The minimum atomic E-state index is 0.137. The summed E-state index contributed by atoms with van der Waals surface area (Å²) < 4.78 is 0. The molecule has 0 unspecified atom stereocenters. The number of carbonyl (C=O) groups is 1. The fraction of sp³-hybridized carbons (Fsp3) is 0.222. The van der Waals surface area contributed by atoms with Crippen LogP contribution in [0.2, 0.25) is 0 Å². The van der Waals surface area contributed by atoms with Crippen molar-refractivity contribution in [3.63, 3.8) is 0 Å². The van der Waals surface area contributed by atoms with E-state index in [1.165, 1.54) is 28.0 Å². The second-order valence-corrected chi connectivity index (χ2v) is 7.20. The van der Waals surface area contributed by atoms with Crippen molar-refractivity contribution in [2.24, 2.45) is 0 Å². The van der Waals surface area contributed by atoms with Gasteiger partial charge < -0.3 is 0 Å². The van der Waals surface area contributed by atoms with E-state index in [4.69, 9.17) is 0 Å². The molecule has 0 radical (unpaired) electrons. The Morgan fingerprint density at radius 2 is 1.96 bits per heavy atom. The Kier molecular flexibility index (Phi) is 5.33. The fourth-order valence-corrected chi connectivity index (χ4v) is 3.93. The van der Waals surface area contributed by atoms with Crippen LogP contribution in [0.4, 0.5) is 0 Å². The summed E-state index contributed by atoms with van der Waals surface area (Å²) in [6.07, 6.45) is 3.71. The van der Waals surface area contributed by atoms with Gasteiger partial charge in [0.25, 0.3) is 0 Å². The molecule has 0 aliphatic rings. The summed E-state index contributed by atoms with van der Waals surface area (Å²) in [5.74, 6) is 0.137. The molecule has 0 aromatic carbocycles. The lowest BCUT2D eigenvalue weighted by molar-refractivity contribution is 0.102. The number of thiophene rings is 2. The van der Waals surface area contributed by atoms with Crippen molar-refractivity contribution in [2.45, 2.75) is 26.6 Å². The lowest BCUT2D eigenvalue weighted by atomic mass is 10.2. The number of pyridine rings is 1. The van der Waals surface area contributed by atoms with E-state index < -0.39 is 0 Å². The van der Waals surface area contributed by atoms with Crippen molar-refractivity contribution >= 4 is 28.5 Å². The smallest absolute Gasteiger partial charge is 0.169 e. The maximum Gasteiger partial charge on any atom is 0.169 e. The molecule has 0 aliphatic heterocycles. The van der Waals surface area contributed by atoms with Crippen LogP contribution in [0.1, 0.15) is 33.3 Å². The molecule has 3 heterocycles. The topological polar surface area (TPSA) is 33.2 Å². The SMILES string of the molecule is CC(=O)c1cc(CN(Cc2cccnc2)Cc2ccsc2)cs1. The van der Waals surface area contributed by atoms with E-state index >= 15 is 0 Å². The van der Waals surface area contributed by atoms with Crippen LogP contribution < -0.4 is 0 Å². The Hall–Kier alpha value is -1.82. The highest BCUT2D eigenvalue weighted by atomic mass is 32.1. The number of ketones is 1. The molecule has 0 aliphatic carbocycles. The number of Topliss-reactive ketones (excluding diaryl/α,β-unsaturated/α-hetero) is 1. The van der Waals surface area contributed by atoms with Crippen molar-refractivity contribution < 1.29 is 4.79 Å². The fourth-order valence-electron chi connectivity index (χ4n) is 2.46. The van der Waals surface area contributed by atoms with E-state index in [0.29, 0.717) is 0 Å². The van der Waals surface area contributed by atoms with E-state index in [-0.39, 0.29) is 5.78 Å². The van der Waals surface area contributed by atoms with E-state index in [2.05, 4.69) is 38.2 Å². The molecule has 3 aromatic rings. The highest BCUT2D eigenvalue weighted by Crippen LogP contribution is 2.20. The minimum absolute atomic E-state index is 0.137. The van der Waals surface area contributed by atoms with Crippen LogP contribution in [-0.2, 0) is 19.6 Å². The summed E-state index contributed by atoms with van der Waals surface area (Å²) in [4.78, 5) is 18.9. The molecule has 23 heavy (non-hydrogen) atoms. The maximum absolute atomic E-state index is 11.5. The number of hydrogen-bond donors (Lipinski definition) is 0. The van der Waals surface area contributed by atoms with E-state index in [0.717, 1.165) is 24.5 Å². The van der Waals surface area contributed by atoms with Gasteiger partial charge in [0.1, 0.15) is 0 Å². The molecule has 0 amide bonds. The average molecular weight is 342 g/mol. The second kappa shape index (κ2) is 7.64. The van der Waals surface area contributed by atoms with Crippen LogP contribution in [0.5, 0.6) is 0 Å². The third kappa shape index (κ3) is 4.58. The predicted molar refractivity (Wildman–Crippen MR) is 95.8 cm³/mol. The molecular weight excluding hydrogens is 324 g/mol. The number of nitrogens with zero attached hydrogens (tertiary/aromatic N) is 2. The van der Waals surface area contributed by atoms with Crippen molar-refractivity contribution in [3.8, 4) is 0 Å². The van der Waals surface area contributed by atoms with Crippen LogP contribution in [0.3, 0.4) is 0 Å². The molecule has 0 saturated carbocycles. The molecule has 5 heteroatoms. The average Bonchev–Trinajstić information content (AvgIpc) is 3.20. The van der Waals surface area contributed by atoms with Crippen molar-refractivity contribution in [1.29, 1.82) is 0 Å². The molecular formula is C18H18N2OS2. The summed E-state index contributed by atoms with van der Waals surface area (Å²) in [5, 5.41) is 6.38. The lowest BCUT2D eigenvalue weighted by Crippen LogP contribution is -2.22. The third-order valence-electron chi connectivity index (χ3n) is 3.52. The van der Waals surface area contributed by atoms with Gasteiger partial charge >= 0.3 is 0 Å². The first-order valence-corrected chi connectivity index (χ1v) is 9.23. The molecule has 0 fully saturated rings. The quantitative estimate of drug-likeness (QED) is 0.588. The van der Waals surface area contributed by atoms with Gasteiger partial charge in [0.2, 0.25) is 0 Å². The standard InChI is InChI=1S/C18H18N2OS2/c1-14(21)18-7-17(13-23-18)11-20(10-16-4-6-22-12-16)9-15-3-2-5-19-8-15/h2-8,12-13H,9-11H2,1H3. The molecule has 0 spiro atoms. The van der Waals surface area contributed by atoms with Crippen molar-refractivity contribution in [2.75, 3.05) is 0 Å². The summed E-state index contributed by atoms with van der Waals surface area (Å²) >= 11 is 3.25. The van der Waals surface area contributed by atoms with Crippen molar-refractivity contribution in [3.05, 3.63) is 74.4 Å². The largest absolute Gasteiger partial charge is 0.294 e. The zero-order valence-corrected chi connectivity index (χ0v) is 14.6. The molecule has 0 atom stereocenters. The van der Waals surface area contributed by atoms with Crippen LogP contribution in [0, 0.1) is 0 Å². The van der Waals surface area contributed by atoms with Crippen molar-refractivity contribution in [1.82, 2.24) is 9.88 Å². The normalized spacial score (nSPS) is 11.0. The van der Waals surface area contributed by atoms with Gasteiger partial charge in [-0.05, 0) is 58.0 Å². The molecule has 3 rings (SSSR count). The number of rotatable bonds is 7. The highest BCUT2D eigenvalue weighted by Gasteiger charge is 2.11. The number of aromatic nitrogens is 1. The van der Waals surface area contributed by atoms with E-state index in [1.54, 1.807) is 24.5 Å². The van der Waals surface area contributed by atoms with Gasteiger partial charge in [-0.2, -0.15) is 11.3 Å². The summed E-state index contributed by atoms with van der Waals surface area (Å²) in [6, 6.07) is 8.24. The first-order chi connectivity index (χ1) is 11.2. The van der Waals surface area contributed by atoms with Gasteiger partial charge in [0, 0.05) is 32.0 Å². The molecule has 3 aromatic heterocycles. The van der Waals surface area contributed by atoms with Crippen LogP contribution in [0.25, 0.3) is 0 Å². The van der Waals surface area contributed by atoms with Crippen LogP contribution >= 0.6 is 22.7 Å². The summed E-state index contributed by atoms with van der Waals surface area (Å²) in [7, 11) is 0. The van der Waals surface area contributed by atoms with E-state index in [1.807, 2.05) is 18.3 Å². The second-order valence-electron chi connectivity index (χ2n) is 5.51. The van der Waals surface area contributed by atoms with Gasteiger partial charge in [-0.1, -0.05) is 6.07 Å². The lowest BCUT2D eigenvalue weighted by Gasteiger charge is -2.21. The van der Waals surface area contributed by atoms with Gasteiger partial charge in [-0.15, -0.1) is 11.3 Å². The zero-order valence-electron chi connectivity index (χ0n) is 12.9. The first kappa shape index (κ1) is 16.1. The molecule has 3 nitrogen and oxygen atoms in total. The Bertz CT molecular complexity index is 750. The van der Waals surface area contributed by atoms with Gasteiger partial charge in [-0.3, -0.25) is 14.7 Å². The molecule has 0 N–H and O–H groups in total. The van der Waals surface area contributed by atoms with E-state index in [9.17, 15) is 4.79 Å². The monoisotopic (exact) mass is 342 g/mol. The number of hydrogen-bond acceptors (Lipinski definition) is 5.